The molecule has 1 heterocycles. The lowest BCUT2D eigenvalue weighted by atomic mass is 10.2. The molecule has 0 atom stereocenters. The molecule has 3 nitrogen and oxygen atoms in total. The molecule has 6 heteroatoms. The zero-order valence-electron chi connectivity index (χ0n) is 8.64. The molecule has 1 aromatic rings. The Hall–Kier alpha value is -1.33. The third-order valence-corrected chi connectivity index (χ3v) is 2.58. The molecule has 88 valence electrons. The molecule has 0 unspecified atom stereocenters. The third-order valence-electron chi connectivity index (χ3n) is 2.58. The maximum atomic E-state index is 12.0. The number of nitrogens with zero attached hydrogens (tertiary/aromatic N) is 2. The number of aryl methyl sites for hydroxylation is 1. The van der Waals surface area contributed by atoms with Crippen LogP contribution in [0, 0.1) is 0 Å². The van der Waals surface area contributed by atoms with Gasteiger partial charge in [0.2, 0.25) is 0 Å². The summed E-state index contributed by atoms with van der Waals surface area (Å²) in [6.45, 7) is -0.132. The van der Waals surface area contributed by atoms with Crippen molar-refractivity contribution in [3.63, 3.8) is 0 Å². The average molecular weight is 231 g/mol. The predicted octanol–water partition coefficient (Wildman–Crippen LogP) is 2.33. The number of anilines is 1. The molecule has 1 aliphatic rings. The van der Waals surface area contributed by atoms with Gasteiger partial charge in [0.15, 0.2) is 0 Å². The third kappa shape index (κ3) is 2.62. The molecule has 1 N–H and O–H groups in total. The van der Waals surface area contributed by atoms with E-state index in [2.05, 4.69) is 15.3 Å². The van der Waals surface area contributed by atoms with E-state index in [4.69, 9.17) is 0 Å². The van der Waals surface area contributed by atoms with Gasteiger partial charge < -0.3 is 5.32 Å². The van der Waals surface area contributed by atoms with Crippen LogP contribution in [0.1, 0.15) is 24.1 Å². The summed E-state index contributed by atoms with van der Waals surface area (Å²) in [4.78, 5) is 8.08. The van der Waals surface area contributed by atoms with E-state index in [-0.39, 0.29) is 6.54 Å². The highest BCUT2D eigenvalue weighted by Crippen LogP contribution is 2.25. The normalized spacial score (nSPS) is 14.9. The SMILES string of the molecule is FC(F)(F)CCNc1ncnc2c1CCC2. The zero-order chi connectivity index (χ0) is 11.6. The van der Waals surface area contributed by atoms with E-state index >= 15 is 0 Å². The van der Waals surface area contributed by atoms with Crippen molar-refractivity contribution in [2.45, 2.75) is 31.9 Å². The van der Waals surface area contributed by atoms with Crippen molar-refractivity contribution in [3.8, 4) is 0 Å². The summed E-state index contributed by atoms with van der Waals surface area (Å²) in [5.41, 5.74) is 1.94. The second-order valence-electron chi connectivity index (χ2n) is 3.79. The van der Waals surface area contributed by atoms with E-state index in [0.29, 0.717) is 5.82 Å². The number of aromatic nitrogens is 2. The number of hydrogen-bond acceptors (Lipinski definition) is 3. The molecule has 2 rings (SSSR count). The van der Waals surface area contributed by atoms with Gasteiger partial charge in [-0.05, 0) is 19.3 Å². The van der Waals surface area contributed by atoms with Crippen molar-refractivity contribution in [2.75, 3.05) is 11.9 Å². The molecule has 0 aromatic carbocycles. The van der Waals surface area contributed by atoms with Crippen molar-refractivity contribution in [1.82, 2.24) is 9.97 Å². The van der Waals surface area contributed by atoms with Crippen LogP contribution >= 0.6 is 0 Å². The Morgan fingerprint density at radius 3 is 2.81 bits per heavy atom. The van der Waals surface area contributed by atoms with Crippen LogP contribution in [0.5, 0.6) is 0 Å². The summed E-state index contributed by atoms with van der Waals surface area (Å²) in [6, 6.07) is 0. The van der Waals surface area contributed by atoms with Crippen molar-refractivity contribution >= 4 is 5.82 Å². The highest BCUT2D eigenvalue weighted by atomic mass is 19.4. The lowest BCUT2D eigenvalue weighted by molar-refractivity contribution is -0.131. The second kappa shape index (κ2) is 4.27. The molecule has 0 bridgehead atoms. The molecular weight excluding hydrogens is 219 g/mol. The Labute approximate surface area is 91.1 Å². The first-order chi connectivity index (χ1) is 7.56. The summed E-state index contributed by atoms with van der Waals surface area (Å²) < 4.78 is 35.9. The molecule has 16 heavy (non-hydrogen) atoms. The van der Waals surface area contributed by atoms with Gasteiger partial charge in [-0.2, -0.15) is 13.2 Å². The van der Waals surface area contributed by atoms with Crippen LogP contribution in [-0.2, 0) is 12.8 Å². The van der Waals surface area contributed by atoms with E-state index in [0.717, 1.165) is 30.5 Å². The van der Waals surface area contributed by atoms with Crippen molar-refractivity contribution < 1.29 is 13.2 Å². The van der Waals surface area contributed by atoms with Crippen LogP contribution < -0.4 is 5.32 Å². The smallest absolute Gasteiger partial charge is 0.369 e. The van der Waals surface area contributed by atoms with Gasteiger partial charge in [-0.3, -0.25) is 0 Å². The molecule has 1 aromatic heterocycles. The highest BCUT2D eigenvalue weighted by molar-refractivity contribution is 5.47. The number of hydrogen-bond donors (Lipinski definition) is 1. The second-order valence-corrected chi connectivity index (χ2v) is 3.79. The standard InChI is InChI=1S/C10H12F3N3/c11-10(12,13)4-5-14-9-7-2-1-3-8(7)15-6-16-9/h6H,1-5H2,(H,14,15,16). The van der Waals surface area contributed by atoms with Crippen molar-refractivity contribution in [3.05, 3.63) is 17.6 Å². The number of halogens is 3. The Kier molecular flexibility index (Phi) is 2.98. The first-order valence-corrected chi connectivity index (χ1v) is 5.19. The van der Waals surface area contributed by atoms with Crippen molar-refractivity contribution in [2.24, 2.45) is 0 Å². The van der Waals surface area contributed by atoms with Crippen LogP contribution in [0.25, 0.3) is 0 Å². The monoisotopic (exact) mass is 231 g/mol. The summed E-state index contributed by atoms with van der Waals surface area (Å²) in [7, 11) is 0. The minimum absolute atomic E-state index is 0.132. The Morgan fingerprint density at radius 2 is 2.06 bits per heavy atom. The van der Waals surface area contributed by atoms with Crippen LogP contribution in [0.3, 0.4) is 0 Å². The minimum atomic E-state index is -4.12. The average Bonchev–Trinajstić information content (AvgIpc) is 2.64. The van der Waals surface area contributed by atoms with Gasteiger partial charge in [0, 0.05) is 17.8 Å². The van der Waals surface area contributed by atoms with E-state index in [1.807, 2.05) is 0 Å². The minimum Gasteiger partial charge on any atom is -0.369 e. The van der Waals surface area contributed by atoms with E-state index in [9.17, 15) is 13.2 Å². The molecule has 1 aliphatic carbocycles. The maximum absolute atomic E-state index is 12.0. The van der Waals surface area contributed by atoms with E-state index in [1.165, 1.54) is 6.33 Å². The van der Waals surface area contributed by atoms with Gasteiger partial charge in [-0.15, -0.1) is 0 Å². The summed E-state index contributed by atoms with van der Waals surface area (Å²) >= 11 is 0. The molecule has 0 radical (unpaired) electrons. The molecule has 0 aliphatic heterocycles. The van der Waals surface area contributed by atoms with Crippen molar-refractivity contribution in [1.29, 1.82) is 0 Å². The molecular formula is C10H12F3N3. The highest BCUT2D eigenvalue weighted by Gasteiger charge is 2.26. The lowest BCUT2D eigenvalue weighted by Gasteiger charge is -2.10. The predicted molar refractivity (Wildman–Crippen MR) is 53.2 cm³/mol. The van der Waals surface area contributed by atoms with Gasteiger partial charge in [-0.25, -0.2) is 9.97 Å². The number of alkyl halides is 3. The fourth-order valence-corrected chi connectivity index (χ4v) is 1.83. The fourth-order valence-electron chi connectivity index (χ4n) is 1.83. The number of fused-ring (bicyclic) bond motifs is 1. The quantitative estimate of drug-likeness (QED) is 0.867. The van der Waals surface area contributed by atoms with Gasteiger partial charge in [-0.1, -0.05) is 0 Å². The molecule has 0 spiro atoms. The van der Waals surface area contributed by atoms with Gasteiger partial charge in [0.1, 0.15) is 12.1 Å². The first kappa shape index (κ1) is 11.2. The number of rotatable bonds is 3. The molecule has 0 amide bonds. The zero-order valence-corrected chi connectivity index (χ0v) is 8.64. The summed E-state index contributed by atoms with van der Waals surface area (Å²) in [6.07, 6.45) is -0.812. The first-order valence-electron chi connectivity index (χ1n) is 5.19. The Bertz CT molecular complexity index is 376. The van der Waals surface area contributed by atoms with Crippen LogP contribution in [0.4, 0.5) is 19.0 Å². The number of nitrogens with one attached hydrogen (secondary N) is 1. The fraction of sp³-hybridized carbons (Fsp3) is 0.600. The van der Waals surface area contributed by atoms with Crippen LogP contribution in [-0.4, -0.2) is 22.7 Å². The molecule has 0 fully saturated rings. The van der Waals surface area contributed by atoms with Crippen LogP contribution in [0.2, 0.25) is 0 Å². The lowest BCUT2D eigenvalue weighted by Crippen LogP contribution is -2.16. The van der Waals surface area contributed by atoms with Gasteiger partial charge in [0.25, 0.3) is 0 Å². The van der Waals surface area contributed by atoms with Gasteiger partial charge in [0.05, 0.1) is 6.42 Å². The van der Waals surface area contributed by atoms with E-state index < -0.39 is 12.6 Å². The Balaban J connectivity index is 1.98. The summed E-state index contributed by atoms with van der Waals surface area (Å²) in [5, 5.41) is 2.73. The molecule has 0 saturated heterocycles. The van der Waals surface area contributed by atoms with Crippen LogP contribution in [0.15, 0.2) is 6.33 Å². The Morgan fingerprint density at radius 1 is 1.25 bits per heavy atom. The van der Waals surface area contributed by atoms with Gasteiger partial charge >= 0.3 is 6.18 Å². The largest absolute Gasteiger partial charge is 0.390 e. The van der Waals surface area contributed by atoms with E-state index in [1.54, 1.807) is 0 Å². The maximum Gasteiger partial charge on any atom is 0.390 e. The summed E-state index contributed by atoms with van der Waals surface area (Å²) in [5.74, 6) is 0.562. The topological polar surface area (TPSA) is 37.8 Å². The molecule has 0 saturated carbocycles.